The average Bonchev–Trinajstić information content (AvgIpc) is 2.89. The summed E-state index contributed by atoms with van der Waals surface area (Å²) >= 11 is -0.191. The Hall–Kier alpha value is -0.274. The molecule has 0 radical (unpaired) electrons. The maximum absolute atomic E-state index is 2.40. The Labute approximate surface area is 115 Å². The average molecular weight is 239 g/mol. The molecular formula is C16H22Mg. The van der Waals surface area contributed by atoms with Gasteiger partial charge in [0.2, 0.25) is 0 Å². The third-order valence-electron chi connectivity index (χ3n) is 5.14. The molecule has 0 saturated carbocycles. The maximum Gasteiger partial charge on any atom is 0.403 e. The van der Waals surface area contributed by atoms with Gasteiger partial charge in [0.25, 0.3) is 0 Å². The zero-order valence-electron chi connectivity index (χ0n) is 11.8. The Balaban J connectivity index is 2.38. The van der Waals surface area contributed by atoms with Gasteiger partial charge in [0.1, 0.15) is 0 Å². The van der Waals surface area contributed by atoms with Crippen LogP contribution >= 0.6 is 0 Å². The van der Waals surface area contributed by atoms with Gasteiger partial charge in [-0.05, 0) is 27.7 Å². The molecule has 0 spiro atoms. The lowest BCUT2D eigenvalue weighted by molar-refractivity contribution is 0.704. The van der Waals surface area contributed by atoms with Crippen molar-refractivity contribution in [2.75, 3.05) is 0 Å². The van der Waals surface area contributed by atoms with Crippen molar-refractivity contribution in [3.05, 3.63) is 46.6 Å². The van der Waals surface area contributed by atoms with Crippen LogP contribution in [0.3, 0.4) is 0 Å². The molecule has 2 aliphatic carbocycles. The summed E-state index contributed by atoms with van der Waals surface area (Å²) in [6.45, 7) is 11.7. The minimum absolute atomic E-state index is 0.191. The smallest absolute Gasteiger partial charge is 0.103 e. The second-order valence-electron chi connectivity index (χ2n) is 5.57. The van der Waals surface area contributed by atoms with E-state index in [-0.39, 0.29) is 20.4 Å². The molecule has 0 fully saturated rings. The van der Waals surface area contributed by atoms with Gasteiger partial charge in [-0.3, -0.25) is 0 Å². The van der Waals surface area contributed by atoms with E-state index in [2.05, 4.69) is 58.9 Å². The molecule has 0 nitrogen and oxygen atoms in total. The highest BCUT2D eigenvalue weighted by Gasteiger charge is 2.41. The molecule has 0 unspecified atom stereocenters. The van der Waals surface area contributed by atoms with Gasteiger partial charge < -0.3 is 0 Å². The Bertz CT molecular complexity index is 410. The largest absolute Gasteiger partial charge is 0.403 e. The molecule has 0 atom stereocenters. The lowest BCUT2D eigenvalue weighted by atomic mass is 9.92. The normalized spacial score (nSPS) is 22.9. The van der Waals surface area contributed by atoms with Crippen molar-refractivity contribution in [1.82, 2.24) is 0 Å². The molecule has 0 heterocycles. The van der Waals surface area contributed by atoms with Crippen molar-refractivity contribution in [2.24, 2.45) is 0 Å². The van der Waals surface area contributed by atoms with E-state index in [4.69, 9.17) is 0 Å². The molecule has 0 aromatic heterocycles. The van der Waals surface area contributed by atoms with E-state index in [1.54, 1.807) is 22.3 Å². The molecule has 0 N–H and O–H groups in total. The highest BCUT2D eigenvalue weighted by Crippen LogP contribution is 2.55. The van der Waals surface area contributed by atoms with Gasteiger partial charge in [-0.1, -0.05) is 55.4 Å². The zero-order chi connectivity index (χ0) is 12.6. The van der Waals surface area contributed by atoms with Crippen LogP contribution < -0.4 is 0 Å². The van der Waals surface area contributed by atoms with E-state index in [1.807, 2.05) is 0 Å². The minimum Gasteiger partial charge on any atom is -0.103 e. The summed E-state index contributed by atoms with van der Waals surface area (Å²) in [5, 5.41) is 0. The van der Waals surface area contributed by atoms with E-state index < -0.39 is 0 Å². The molecule has 0 saturated heterocycles. The SMILES string of the molecule is CC[C]1([Mg][CH]2C=CC=C2)C(C)=C(C)C(C)=C1C. The zero-order valence-corrected chi connectivity index (χ0v) is 13.2. The fourth-order valence-corrected chi connectivity index (χ4v) is 6.38. The third-order valence-corrected chi connectivity index (χ3v) is 8.41. The van der Waals surface area contributed by atoms with E-state index in [0.29, 0.717) is 3.54 Å². The van der Waals surface area contributed by atoms with Crippen molar-refractivity contribution < 1.29 is 0 Å². The third kappa shape index (κ3) is 1.98. The number of hydrogen-bond acceptors (Lipinski definition) is 0. The predicted octanol–water partition coefficient (Wildman–Crippen LogP) is 4.86. The summed E-state index contributed by atoms with van der Waals surface area (Å²) in [5.41, 5.74) is 6.44. The summed E-state index contributed by atoms with van der Waals surface area (Å²) in [6, 6.07) is 0. The van der Waals surface area contributed by atoms with Crippen LogP contribution in [-0.4, -0.2) is 20.4 Å². The van der Waals surface area contributed by atoms with Crippen LogP contribution in [0.5, 0.6) is 0 Å². The molecule has 0 aromatic carbocycles. The van der Waals surface area contributed by atoms with E-state index in [0.717, 1.165) is 4.05 Å². The summed E-state index contributed by atoms with van der Waals surface area (Å²) in [7, 11) is 0. The van der Waals surface area contributed by atoms with Gasteiger partial charge in [-0.25, -0.2) is 0 Å². The first kappa shape index (κ1) is 13.2. The van der Waals surface area contributed by atoms with E-state index in [9.17, 15) is 0 Å². The predicted molar refractivity (Wildman–Crippen MR) is 77.5 cm³/mol. The van der Waals surface area contributed by atoms with Gasteiger partial charge in [-0.2, -0.15) is 0 Å². The first-order valence-electron chi connectivity index (χ1n) is 6.74. The second-order valence-corrected chi connectivity index (χ2v) is 8.13. The number of hydrogen-bond donors (Lipinski definition) is 0. The molecule has 0 aliphatic heterocycles. The molecular weight excluding hydrogens is 216 g/mol. The first-order chi connectivity index (χ1) is 8.03. The fraction of sp³-hybridized carbons (Fsp3) is 0.500. The Morgan fingerprint density at radius 3 is 1.88 bits per heavy atom. The van der Waals surface area contributed by atoms with Gasteiger partial charge in [0, 0.05) is 0 Å². The fourth-order valence-electron chi connectivity index (χ4n) is 3.56. The second kappa shape index (κ2) is 4.77. The molecule has 2 rings (SSSR count). The minimum atomic E-state index is -0.191. The lowest BCUT2D eigenvalue weighted by Gasteiger charge is -2.34. The van der Waals surface area contributed by atoms with Crippen LogP contribution in [-0.2, 0) is 0 Å². The Kier molecular flexibility index (Phi) is 3.70. The quantitative estimate of drug-likeness (QED) is 0.616. The van der Waals surface area contributed by atoms with Crippen molar-refractivity contribution in [1.29, 1.82) is 0 Å². The van der Waals surface area contributed by atoms with E-state index >= 15 is 0 Å². The molecule has 17 heavy (non-hydrogen) atoms. The highest BCUT2D eigenvalue weighted by molar-refractivity contribution is 6.46. The van der Waals surface area contributed by atoms with Gasteiger partial charge in [0.05, 0.1) is 0 Å². The summed E-state index contributed by atoms with van der Waals surface area (Å²) in [6.07, 6.45) is 10.5. The molecule has 1 heteroatoms. The van der Waals surface area contributed by atoms with Crippen LogP contribution in [0.4, 0.5) is 0 Å². The standard InChI is InChI=1S/C11H17.C5H5.Mg/c1-6-11-9(4)7(2)8(3)10(11)5;1-2-4-5-3-1;/h6H2,1-5H3;1-5H;. The van der Waals surface area contributed by atoms with Crippen LogP contribution in [0.15, 0.2) is 46.6 Å². The topological polar surface area (TPSA) is 0 Å². The Morgan fingerprint density at radius 1 is 1.00 bits per heavy atom. The summed E-state index contributed by atoms with van der Waals surface area (Å²) in [5.74, 6) is 0. The van der Waals surface area contributed by atoms with Gasteiger partial charge in [-0.15, -0.1) is 12.2 Å². The monoisotopic (exact) mass is 238 g/mol. The summed E-state index contributed by atoms with van der Waals surface area (Å²) < 4.78 is 1.22. The van der Waals surface area contributed by atoms with Crippen LogP contribution in [0.2, 0.25) is 7.59 Å². The molecule has 0 bridgehead atoms. The molecule has 2 aliphatic rings. The number of allylic oxidation sites excluding steroid dienone is 8. The van der Waals surface area contributed by atoms with Crippen LogP contribution in [0, 0.1) is 0 Å². The molecule has 0 aromatic rings. The van der Waals surface area contributed by atoms with Crippen molar-refractivity contribution >= 4 is 20.4 Å². The van der Waals surface area contributed by atoms with Gasteiger partial charge >= 0.3 is 20.4 Å². The molecule has 88 valence electrons. The lowest BCUT2D eigenvalue weighted by Crippen LogP contribution is -2.23. The van der Waals surface area contributed by atoms with Gasteiger partial charge in [0.15, 0.2) is 0 Å². The van der Waals surface area contributed by atoms with Crippen LogP contribution in [0.1, 0.15) is 41.0 Å². The number of rotatable bonds is 3. The maximum atomic E-state index is 2.40. The Morgan fingerprint density at radius 2 is 1.47 bits per heavy atom. The summed E-state index contributed by atoms with van der Waals surface area (Å²) in [4.78, 5) is 0. The van der Waals surface area contributed by atoms with Crippen molar-refractivity contribution in [3.8, 4) is 0 Å². The van der Waals surface area contributed by atoms with Crippen LogP contribution in [0.25, 0.3) is 0 Å². The van der Waals surface area contributed by atoms with Crippen molar-refractivity contribution in [2.45, 2.75) is 48.6 Å². The first-order valence-corrected chi connectivity index (χ1v) is 8.26. The van der Waals surface area contributed by atoms with Crippen molar-refractivity contribution in [3.63, 3.8) is 0 Å². The molecule has 0 amide bonds. The highest BCUT2D eigenvalue weighted by atomic mass is 24.5. The van der Waals surface area contributed by atoms with E-state index in [1.165, 1.54) is 6.42 Å².